The van der Waals surface area contributed by atoms with E-state index < -0.39 is 26.5 Å². The molecule has 84 heavy (non-hydrogen) atoms. The van der Waals surface area contributed by atoms with Crippen molar-refractivity contribution in [2.45, 2.75) is 302 Å². The highest BCUT2D eigenvalue weighted by molar-refractivity contribution is 7.47. The SMILES string of the molecule is CC/C=C\C/C=C\C/C=C\C/C=C\C/C=C\C/C=C\CCCCCCCCCCCCC(=O)OC(COC(=O)CCCCCCCCCCCCCCCCCC/C=C\C/C=C\C/C=C\CCCCCCC)COP(=O)(O)OCC[N+](C)(C)C. The summed E-state index contributed by atoms with van der Waals surface area (Å²) >= 11 is 0. The Bertz CT molecular complexity index is 1790. The van der Waals surface area contributed by atoms with Crippen molar-refractivity contribution >= 4 is 19.8 Å². The smallest absolute Gasteiger partial charge is 0.462 e. The molecule has 0 spiro atoms. The second-order valence-corrected chi connectivity index (χ2v) is 25.6. The third kappa shape index (κ3) is 67.8. The zero-order valence-electron chi connectivity index (χ0n) is 55.1. The van der Waals surface area contributed by atoms with E-state index in [0.717, 1.165) is 96.3 Å². The van der Waals surface area contributed by atoms with Crippen LogP contribution in [0.15, 0.2) is 109 Å². The highest BCUT2D eigenvalue weighted by atomic mass is 31.2. The number of esters is 2. The van der Waals surface area contributed by atoms with E-state index in [1.165, 1.54) is 167 Å². The van der Waals surface area contributed by atoms with Crippen LogP contribution in [0.4, 0.5) is 0 Å². The summed E-state index contributed by atoms with van der Waals surface area (Å²) < 4.78 is 34.7. The lowest BCUT2D eigenvalue weighted by molar-refractivity contribution is -0.870. The number of rotatable bonds is 63. The van der Waals surface area contributed by atoms with Crippen molar-refractivity contribution in [3.05, 3.63) is 109 Å². The Labute approximate surface area is 518 Å². The lowest BCUT2D eigenvalue weighted by Crippen LogP contribution is -2.37. The summed E-state index contributed by atoms with van der Waals surface area (Å²) in [6.07, 6.45) is 90.4. The molecule has 0 rings (SSSR count). The van der Waals surface area contributed by atoms with Crippen molar-refractivity contribution < 1.29 is 42.1 Å². The summed E-state index contributed by atoms with van der Waals surface area (Å²) in [4.78, 5) is 35.9. The Kier molecular flexibility index (Phi) is 61.6. The Hall–Kier alpha value is -3.33. The molecule has 9 nitrogen and oxygen atoms in total. The van der Waals surface area contributed by atoms with Gasteiger partial charge in [0.2, 0.25) is 0 Å². The van der Waals surface area contributed by atoms with Crippen LogP contribution in [0, 0.1) is 0 Å². The molecule has 0 bridgehead atoms. The van der Waals surface area contributed by atoms with E-state index in [1.807, 2.05) is 21.1 Å². The number of unbranched alkanes of at least 4 members (excludes halogenated alkanes) is 31. The fraction of sp³-hybridized carbons (Fsp3) is 0.730. The Morgan fingerprint density at radius 1 is 0.381 bits per heavy atom. The number of likely N-dealkylation sites (N-methyl/N-ethyl adjacent to an activating group) is 1. The molecule has 0 aliphatic rings. The number of hydrogen-bond donors (Lipinski definition) is 1. The second-order valence-electron chi connectivity index (χ2n) is 24.2. The number of allylic oxidation sites excluding steroid dienone is 18. The molecular weight excluding hydrogens is 1060 g/mol. The van der Waals surface area contributed by atoms with E-state index in [-0.39, 0.29) is 32.0 Å². The molecular formula is C74H131NO8P+. The summed E-state index contributed by atoms with van der Waals surface area (Å²) in [6, 6.07) is 0. The second kappa shape index (κ2) is 64.2. The maximum atomic E-state index is 12.9. The van der Waals surface area contributed by atoms with Crippen LogP contribution in [0.5, 0.6) is 0 Å². The number of hydrogen-bond acceptors (Lipinski definition) is 7. The lowest BCUT2D eigenvalue weighted by atomic mass is 10.0. The van der Waals surface area contributed by atoms with E-state index in [2.05, 4.69) is 123 Å². The Morgan fingerprint density at radius 3 is 1.01 bits per heavy atom. The molecule has 0 aromatic heterocycles. The van der Waals surface area contributed by atoms with Gasteiger partial charge in [-0.2, -0.15) is 0 Å². The van der Waals surface area contributed by atoms with Crippen LogP contribution < -0.4 is 0 Å². The molecule has 1 N–H and O–H groups in total. The lowest BCUT2D eigenvalue weighted by Gasteiger charge is -2.24. The quantitative estimate of drug-likeness (QED) is 0.0211. The molecule has 0 aliphatic carbocycles. The topological polar surface area (TPSA) is 108 Å². The molecule has 0 saturated heterocycles. The first-order valence-corrected chi connectivity index (χ1v) is 36.1. The van der Waals surface area contributed by atoms with Gasteiger partial charge in [0, 0.05) is 12.8 Å². The van der Waals surface area contributed by atoms with Crippen molar-refractivity contribution in [2.24, 2.45) is 0 Å². The first-order valence-electron chi connectivity index (χ1n) is 34.6. The molecule has 0 heterocycles. The average molecular weight is 1190 g/mol. The van der Waals surface area contributed by atoms with E-state index in [0.29, 0.717) is 17.4 Å². The minimum absolute atomic E-state index is 0.0268. The summed E-state index contributed by atoms with van der Waals surface area (Å²) in [5.41, 5.74) is 0. The van der Waals surface area contributed by atoms with Crippen molar-refractivity contribution in [1.82, 2.24) is 0 Å². The maximum Gasteiger partial charge on any atom is 0.472 e. The van der Waals surface area contributed by atoms with Crippen LogP contribution in [0.25, 0.3) is 0 Å². The average Bonchev–Trinajstić information content (AvgIpc) is 3.61. The van der Waals surface area contributed by atoms with Gasteiger partial charge in [0.1, 0.15) is 19.8 Å². The van der Waals surface area contributed by atoms with Crippen molar-refractivity contribution in [2.75, 3.05) is 47.5 Å². The summed E-state index contributed by atoms with van der Waals surface area (Å²) in [6.45, 7) is 4.32. The number of phosphoric acid groups is 1. The fourth-order valence-electron chi connectivity index (χ4n) is 9.50. The molecule has 0 aromatic carbocycles. The standard InChI is InChI=1S/C74H130NO8P/c1-6-8-10-12-14-16-18-20-22-24-26-28-30-32-34-36-37-39-40-42-44-46-48-50-52-54-56-58-60-62-64-66-73(76)80-70-72(71-82-84(78,79)81-69-68-75(3,4)5)83-74(77)67-65-63-61-59-57-55-53-51-49-47-45-43-41-38-35-33-31-29-27-25-23-21-19-17-15-13-11-9-7-2/h9,11,15,17-18,20-21,23-24,26-27,29-30,32-33,35,41,43,72H,6-8,10,12-14,16,19,22,25,28,31,34,36-40,42,44-71H2,1-5H3/p+1/b11-9-,17-15-,20-18-,23-21-,26-24-,29-27-,32-30-,35-33-,43-41-. The molecule has 0 fully saturated rings. The summed E-state index contributed by atoms with van der Waals surface area (Å²) in [5.74, 6) is -0.799. The first kappa shape index (κ1) is 80.7. The predicted octanol–water partition coefficient (Wildman–Crippen LogP) is 22.5. The summed E-state index contributed by atoms with van der Waals surface area (Å²) in [5, 5.41) is 0. The number of carbonyl (C=O) groups excluding carboxylic acids is 2. The Morgan fingerprint density at radius 2 is 0.679 bits per heavy atom. The maximum absolute atomic E-state index is 12.9. The van der Waals surface area contributed by atoms with Crippen LogP contribution in [0.3, 0.4) is 0 Å². The normalized spacial score (nSPS) is 13.8. The number of nitrogens with zero attached hydrogens (tertiary/aromatic N) is 1. The number of carbonyl (C=O) groups is 2. The highest BCUT2D eigenvalue weighted by Crippen LogP contribution is 2.43. The minimum atomic E-state index is -4.40. The van der Waals surface area contributed by atoms with Gasteiger partial charge in [-0.05, 0) is 103 Å². The zero-order valence-corrected chi connectivity index (χ0v) is 56.0. The molecule has 2 atom stereocenters. The molecule has 0 radical (unpaired) electrons. The largest absolute Gasteiger partial charge is 0.472 e. The van der Waals surface area contributed by atoms with Gasteiger partial charge >= 0.3 is 19.8 Å². The van der Waals surface area contributed by atoms with Gasteiger partial charge in [-0.3, -0.25) is 18.6 Å². The van der Waals surface area contributed by atoms with Gasteiger partial charge in [-0.15, -0.1) is 0 Å². The fourth-order valence-corrected chi connectivity index (χ4v) is 10.2. The van der Waals surface area contributed by atoms with Crippen molar-refractivity contribution in [3.8, 4) is 0 Å². The van der Waals surface area contributed by atoms with E-state index >= 15 is 0 Å². The van der Waals surface area contributed by atoms with Crippen molar-refractivity contribution in [3.63, 3.8) is 0 Å². The van der Waals surface area contributed by atoms with Crippen LogP contribution in [-0.2, 0) is 32.7 Å². The first-order chi connectivity index (χ1) is 41.0. The predicted molar refractivity (Wildman–Crippen MR) is 362 cm³/mol. The van der Waals surface area contributed by atoms with E-state index in [9.17, 15) is 19.0 Å². The molecule has 10 heteroatoms. The van der Waals surface area contributed by atoms with Gasteiger partial charge in [-0.25, -0.2) is 4.57 Å². The van der Waals surface area contributed by atoms with Gasteiger partial charge in [0.25, 0.3) is 0 Å². The third-order valence-electron chi connectivity index (χ3n) is 14.8. The molecule has 484 valence electrons. The van der Waals surface area contributed by atoms with E-state index in [4.69, 9.17) is 18.5 Å². The number of phosphoric ester groups is 1. The molecule has 0 amide bonds. The van der Waals surface area contributed by atoms with Gasteiger partial charge in [0.05, 0.1) is 27.7 Å². The molecule has 0 aliphatic heterocycles. The van der Waals surface area contributed by atoms with Crippen LogP contribution in [0.1, 0.15) is 296 Å². The van der Waals surface area contributed by atoms with Gasteiger partial charge in [-0.1, -0.05) is 290 Å². The molecule has 2 unspecified atom stereocenters. The Balaban J connectivity index is 4.08. The molecule has 0 saturated carbocycles. The summed E-state index contributed by atoms with van der Waals surface area (Å²) in [7, 11) is 1.47. The zero-order chi connectivity index (χ0) is 61.2. The third-order valence-corrected chi connectivity index (χ3v) is 15.8. The van der Waals surface area contributed by atoms with Crippen LogP contribution >= 0.6 is 7.82 Å². The number of quaternary nitrogens is 1. The van der Waals surface area contributed by atoms with Crippen molar-refractivity contribution in [1.29, 1.82) is 0 Å². The van der Waals surface area contributed by atoms with Gasteiger partial charge < -0.3 is 18.9 Å². The van der Waals surface area contributed by atoms with E-state index in [1.54, 1.807) is 0 Å². The number of ether oxygens (including phenoxy) is 2. The highest BCUT2D eigenvalue weighted by Gasteiger charge is 2.27. The molecule has 0 aromatic rings. The minimum Gasteiger partial charge on any atom is -0.462 e. The van der Waals surface area contributed by atoms with Crippen LogP contribution in [-0.4, -0.2) is 74.9 Å². The van der Waals surface area contributed by atoms with Gasteiger partial charge in [0.15, 0.2) is 6.10 Å². The van der Waals surface area contributed by atoms with Crippen LogP contribution in [0.2, 0.25) is 0 Å². The monoisotopic (exact) mass is 1190 g/mol.